The van der Waals surface area contributed by atoms with Gasteiger partial charge in [-0.05, 0) is 24.1 Å². The van der Waals surface area contributed by atoms with Crippen molar-refractivity contribution in [1.82, 2.24) is 5.32 Å². The second-order valence-corrected chi connectivity index (χ2v) is 5.51. The van der Waals surface area contributed by atoms with E-state index in [-0.39, 0.29) is 0 Å². The molecule has 0 radical (unpaired) electrons. The molecule has 1 aromatic rings. The summed E-state index contributed by atoms with van der Waals surface area (Å²) in [6, 6.07) is 9.38. The SMILES string of the molecule is CCCNC1c2ccccc2CSC1C. The van der Waals surface area contributed by atoms with Crippen LogP contribution in [0.25, 0.3) is 0 Å². The summed E-state index contributed by atoms with van der Waals surface area (Å²) in [7, 11) is 0. The Balaban J connectivity index is 2.21. The molecule has 2 heteroatoms. The van der Waals surface area contributed by atoms with E-state index in [1.54, 1.807) is 0 Å². The van der Waals surface area contributed by atoms with Crippen molar-refractivity contribution in [3.63, 3.8) is 0 Å². The Labute approximate surface area is 96.7 Å². The molecule has 1 aliphatic heterocycles. The van der Waals surface area contributed by atoms with E-state index in [0.717, 1.165) is 6.54 Å². The van der Waals surface area contributed by atoms with Gasteiger partial charge in [0, 0.05) is 17.0 Å². The lowest BCUT2D eigenvalue weighted by molar-refractivity contribution is 0.521. The van der Waals surface area contributed by atoms with Crippen LogP contribution in [-0.2, 0) is 5.75 Å². The van der Waals surface area contributed by atoms with Crippen molar-refractivity contribution in [1.29, 1.82) is 0 Å². The Morgan fingerprint density at radius 1 is 1.40 bits per heavy atom. The van der Waals surface area contributed by atoms with Crippen molar-refractivity contribution < 1.29 is 0 Å². The Morgan fingerprint density at radius 2 is 2.20 bits per heavy atom. The summed E-state index contributed by atoms with van der Waals surface area (Å²) in [5, 5.41) is 4.34. The van der Waals surface area contributed by atoms with Crippen LogP contribution in [0, 0.1) is 0 Å². The third-order valence-electron chi connectivity index (χ3n) is 2.98. The van der Waals surface area contributed by atoms with Crippen LogP contribution in [0.1, 0.15) is 37.4 Å². The molecule has 1 heterocycles. The van der Waals surface area contributed by atoms with Crippen LogP contribution in [0.5, 0.6) is 0 Å². The first kappa shape index (κ1) is 11.0. The molecule has 0 aliphatic carbocycles. The summed E-state index contributed by atoms with van der Waals surface area (Å²) in [6.45, 7) is 5.66. The predicted octanol–water partition coefficient (Wildman–Crippen LogP) is 3.36. The molecule has 15 heavy (non-hydrogen) atoms. The highest BCUT2D eigenvalue weighted by Gasteiger charge is 2.25. The first-order chi connectivity index (χ1) is 7.33. The van der Waals surface area contributed by atoms with Gasteiger partial charge in [0.25, 0.3) is 0 Å². The summed E-state index contributed by atoms with van der Waals surface area (Å²) in [5.74, 6) is 1.17. The van der Waals surface area contributed by atoms with Crippen molar-refractivity contribution in [2.45, 2.75) is 37.3 Å². The smallest absolute Gasteiger partial charge is 0.0441 e. The number of hydrogen-bond acceptors (Lipinski definition) is 2. The van der Waals surface area contributed by atoms with Gasteiger partial charge in [0.1, 0.15) is 0 Å². The summed E-state index contributed by atoms with van der Waals surface area (Å²) in [5.41, 5.74) is 3.02. The van der Waals surface area contributed by atoms with Gasteiger partial charge in [-0.3, -0.25) is 0 Å². The maximum absolute atomic E-state index is 3.66. The monoisotopic (exact) mass is 221 g/mol. The van der Waals surface area contributed by atoms with Crippen LogP contribution in [0.15, 0.2) is 24.3 Å². The van der Waals surface area contributed by atoms with Gasteiger partial charge in [-0.15, -0.1) is 0 Å². The minimum atomic E-state index is 0.542. The Kier molecular flexibility index (Phi) is 3.71. The number of fused-ring (bicyclic) bond motifs is 1. The summed E-state index contributed by atoms with van der Waals surface area (Å²) >= 11 is 2.06. The molecule has 0 saturated carbocycles. The number of rotatable bonds is 3. The molecule has 0 spiro atoms. The first-order valence-corrected chi connectivity index (χ1v) is 6.80. The van der Waals surface area contributed by atoms with E-state index in [1.165, 1.54) is 23.3 Å². The fraction of sp³-hybridized carbons (Fsp3) is 0.538. The van der Waals surface area contributed by atoms with Crippen molar-refractivity contribution in [3.05, 3.63) is 35.4 Å². The number of hydrogen-bond donors (Lipinski definition) is 1. The minimum Gasteiger partial charge on any atom is -0.309 e. The van der Waals surface area contributed by atoms with Gasteiger partial charge in [0.15, 0.2) is 0 Å². The predicted molar refractivity (Wildman–Crippen MR) is 68.2 cm³/mol. The zero-order valence-corrected chi connectivity index (χ0v) is 10.3. The lowest BCUT2D eigenvalue weighted by Gasteiger charge is -2.31. The van der Waals surface area contributed by atoms with Crippen molar-refractivity contribution in [2.24, 2.45) is 0 Å². The van der Waals surface area contributed by atoms with Crippen molar-refractivity contribution >= 4 is 11.8 Å². The largest absolute Gasteiger partial charge is 0.309 e. The van der Waals surface area contributed by atoms with E-state index in [9.17, 15) is 0 Å². The molecule has 0 amide bonds. The van der Waals surface area contributed by atoms with Crippen LogP contribution in [0.2, 0.25) is 0 Å². The average molecular weight is 221 g/mol. The summed E-state index contributed by atoms with van der Waals surface area (Å²) in [6.07, 6.45) is 1.20. The molecule has 0 aromatic heterocycles. The Bertz CT molecular complexity index is 324. The van der Waals surface area contributed by atoms with Gasteiger partial charge >= 0.3 is 0 Å². The Hall–Kier alpha value is -0.470. The molecule has 0 fully saturated rings. The molecule has 2 rings (SSSR count). The molecule has 0 bridgehead atoms. The molecule has 1 nitrogen and oxygen atoms in total. The van der Waals surface area contributed by atoms with Crippen LogP contribution in [0.4, 0.5) is 0 Å². The molecule has 1 aliphatic rings. The standard InChI is InChI=1S/C13H19NS/c1-3-8-14-13-10(2)15-9-11-6-4-5-7-12(11)13/h4-7,10,13-14H,3,8-9H2,1-2H3. The highest BCUT2D eigenvalue weighted by Crippen LogP contribution is 2.36. The van der Waals surface area contributed by atoms with Crippen molar-refractivity contribution in [2.75, 3.05) is 6.54 Å². The van der Waals surface area contributed by atoms with E-state index in [4.69, 9.17) is 0 Å². The van der Waals surface area contributed by atoms with Crippen LogP contribution < -0.4 is 5.32 Å². The number of benzene rings is 1. The van der Waals surface area contributed by atoms with Crippen LogP contribution in [0.3, 0.4) is 0 Å². The average Bonchev–Trinajstić information content (AvgIpc) is 2.28. The van der Waals surface area contributed by atoms with Gasteiger partial charge in [0.05, 0.1) is 0 Å². The van der Waals surface area contributed by atoms with Gasteiger partial charge in [-0.25, -0.2) is 0 Å². The first-order valence-electron chi connectivity index (χ1n) is 5.75. The van der Waals surface area contributed by atoms with Crippen LogP contribution >= 0.6 is 11.8 Å². The van der Waals surface area contributed by atoms with E-state index in [2.05, 4.69) is 55.2 Å². The maximum atomic E-state index is 3.66. The third-order valence-corrected chi connectivity index (χ3v) is 4.25. The fourth-order valence-electron chi connectivity index (χ4n) is 2.12. The van der Waals surface area contributed by atoms with Gasteiger partial charge < -0.3 is 5.32 Å². The highest BCUT2D eigenvalue weighted by molar-refractivity contribution is 7.99. The Morgan fingerprint density at radius 3 is 3.00 bits per heavy atom. The topological polar surface area (TPSA) is 12.0 Å². The van der Waals surface area contributed by atoms with E-state index < -0.39 is 0 Å². The summed E-state index contributed by atoms with van der Waals surface area (Å²) < 4.78 is 0. The van der Waals surface area contributed by atoms with Crippen LogP contribution in [-0.4, -0.2) is 11.8 Å². The maximum Gasteiger partial charge on any atom is 0.0441 e. The third kappa shape index (κ3) is 2.37. The van der Waals surface area contributed by atoms with Crippen molar-refractivity contribution in [3.8, 4) is 0 Å². The fourth-order valence-corrected chi connectivity index (χ4v) is 3.26. The summed E-state index contributed by atoms with van der Waals surface area (Å²) in [4.78, 5) is 0. The van der Waals surface area contributed by atoms with Gasteiger partial charge in [-0.2, -0.15) is 11.8 Å². The van der Waals surface area contributed by atoms with E-state index in [1.807, 2.05) is 0 Å². The normalized spacial score (nSPS) is 24.9. The molecular weight excluding hydrogens is 202 g/mol. The second kappa shape index (κ2) is 5.04. The van der Waals surface area contributed by atoms with E-state index in [0.29, 0.717) is 11.3 Å². The van der Waals surface area contributed by atoms with Gasteiger partial charge in [0.2, 0.25) is 0 Å². The highest BCUT2D eigenvalue weighted by atomic mass is 32.2. The molecule has 82 valence electrons. The van der Waals surface area contributed by atoms with Gasteiger partial charge in [-0.1, -0.05) is 38.1 Å². The quantitative estimate of drug-likeness (QED) is 0.840. The zero-order chi connectivity index (χ0) is 10.7. The molecule has 1 aromatic carbocycles. The molecule has 0 saturated heterocycles. The lowest BCUT2D eigenvalue weighted by atomic mass is 9.98. The molecule has 2 atom stereocenters. The van der Waals surface area contributed by atoms with E-state index >= 15 is 0 Å². The molecule has 2 unspecified atom stereocenters. The number of thioether (sulfide) groups is 1. The number of nitrogens with one attached hydrogen (secondary N) is 1. The molecular formula is C13H19NS. The molecule has 1 N–H and O–H groups in total. The second-order valence-electron chi connectivity index (χ2n) is 4.15. The minimum absolute atomic E-state index is 0.542. The zero-order valence-electron chi connectivity index (χ0n) is 9.49. The lowest BCUT2D eigenvalue weighted by Crippen LogP contribution is -2.32.